The molecule has 2 heterocycles. The van der Waals surface area contributed by atoms with Crippen molar-refractivity contribution in [3.63, 3.8) is 0 Å². The lowest BCUT2D eigenvalue weighted by Crippen LogP contribution is -2.43. The molecule has 0 radical (unpaired) electrons. The van der Waals surface area contributed by atoms with Gasteiger partial charge in [0.2, 0.25) is 0 Å². The first-order valence-electron chi connectivity index (χ1n) is 9.23. The molecule has 2 aliphatic heterocycles. The lowest BCUT2D eigenvalue weighted by atomic mass is 9.92. The average Bonchev–Trinajstić information content (AvgIpc) is 3.19. The van der Waals surface area contributed by atoms with Crippen LogP contribution in [0.4, 0.5) is 11.4 Å². The van der Waals surface area contributed by atoms with Gasteiger partial charge < -0.3 is 0 Å². The van der Waals surface area contributed by atoms with Gasteiger partial charge in [0.1, 0.15) is 0 Å². The molecule has 28 heavy (non-hydrogen) atoms. The van der Waals surface area contributed by atoms with Gasteiger partial charge in [0.15, 0.2) is 0 Å². The molecule has 6 heteroatoms. The highest BCUT2D eigenvalue weighted by Crippen LogP contribution is 2.37. The first kappa shape index (κ1) is 17.0. The van der Waals surface area contributed by atoms with Crippen molar-refractivity contribution in [3.05, 3.63) is 90.5 Å². The Morgan fingerprint density at radius 3 is 2.18 bits per heavy atom. The second-order valence-electron chi connectivity index (χ2n) is 6.97. The van der Waals surface area contributed by atoms with Gasteiger partial charge in [0, 0.05) is 18.0 Å². The minimum atomic E-state index is -3.64. The maximum Gasteiger partial charge on any atom is 0.264 e. The quantitative estimate of drug-likeness (QED) is 0.686. The summed E-state index contributed by atoms with van der Waals surface area (Å²) in [6.45, 7) is 1.05. The summed E-state index contributed by atoms with van der Waals surface area (Å²) in [6, 6.07) is 26.2. The summed E-state index contributed by atoms with van der Waals surface area (Å²) >= 11 is 0. The standard InChI is InChI=1S/C22H19N3O2S/c26-28(27,19-11-5-2-6-12-19)25-16-17-15-24(18-9-3-1-4-10-18)23-22(17)20-13-7-8-14-21(20)25/h1-14,17H,15-16H2. The van der Waals surface area contributed by atoms with E-state index in [9.17, 15) is 8.42 Å². The predicted molar refractivity (Wildman–Crippen MR) is 111 cm³/mol. The van der Waals surface area contributed by atoms with Gasteiger partial charge in [-0.2, -0.15) is 5.10 Å². The molecule has 5 nitrogen and oxygen atoms in total. The summed E-state index contributed by atoms with van der Waals surface area (Å²) in [6.07, 6.45) is 0. The van der Waals surface area contributed by atoms with Gasteiger partial charge in [-0.25, -0.2) is 8.42 Å². The zero-order valence-electron chi connectivity index (χ0n) is 15.1. The molecule has 0 spiro atoms. The van der Waals surface area contributed by atoms with E-state index in [4.69, 9.17) is 5.10 Å². The maximum atomic E-state index is 13.4. The van der Waals surface area contributed by atoms with Crippen LogP contribution in [-0.4, -0.2) is 27.2 Å². The van der Waals surface area contributed by atoms with E-state index in [0.717, 1.165) is 17.0 Å². The van der Waals surface area contributed by atoms with Crippen molar-refractivity contribution in [1.29, 1.82) is 0 Å². The molecule has 0 aliphatic carbocycles. The van der Waals surface area contributed by atoms with Crippen LogP contribution < -0.4 is 9.31 Å². The Bertz CT molecular complexity index is 1140. The molecular formula is C22H19N3O2S. The highest BCUT2D eigenvalue weighted by atomic mass is 32.2. The molecule has 0 amide bonds. The van der Waals surface area contributed by atoms with E-state index in [1.807, 2.05) is 65.7 Å². The van der Waals surface area contributed by atoms with E-state index >= 15 is 0 Å². The second kappa shape index (κ2) is 6.49. The van der Waals surface area contributed by atoms with Gasteiger partial charge in [-0.3, -0.25) is 9.31 Å². The molecule has 1 unspecified atom stereocenters. The zero-order chi connectivity index (χ0) is 19.1. The van der Waals surface area contributed by atoms with Gasteiger partial charge >= 0.3 is 0 Å². The van der Waals surface area contributed by atoms with E-state index < -0.39 is 10.0 Å². The van der Waals surface area contributed by atoms with Crippen molar-refractivity contribution in [2.24, 2.45) is 11.0 Å². The van der Waals surface area contributed by atoms with Crippen LogP contribution in [0, 0.1) is 5.92 Å². The largest absolute Gasteiger partial charge is 0.265 e. The van der Waals surface area contributed by atoms with E-state index in [1.165, 1.54) is 4.31 Å². The Hall–Kier alpha value is -3.12. The first-order chi connectivity index (χ1) is 13.6. The Labute approximate surface area is 164 Å². The van der Waals surface area contributed by atoms with Crippen molar-refractivity contribution in [2.75, 3.05) is 22.4 Å². The van der Waals surface area contributed by atoms with Gasteiger partial charge in [-0.05, 0) is 30.3 Å². The second-order valence-corrected chi connectivity index (χ2v) is 8.83. The monoisotopic (exact) mass is 389 g/mol. The summed E-state index contributed by atoms with van der Waals surface area (Å²) in [4.78, 5) is 0.308. The molecule has 1 atom stereocenters. The van der Waals surface area contributed by atoms with Crippen LogP contribution in [0.2, 0.25) is 0 Å². The molecule has 0 aromatic heterocycles. The highest BCUT2D eigenvalue weighted by Gasteiger charge is 2.40. The minimum Gasteiger partial charge on any atom is -0.265 e. The van der Waals surface area contributed by atoms with Gasteiger partial charge in [0.05, 0.1) is 28.5 Å². The normalized spacial score (nSPS) is 18.4. The Morgan fingerprint density at radius 1 is 0.786 bits per heavy atom. The number of sulfonamides is 1. The number of benzene rings is 3. The van der Waals surface area contributed by atoms with E-state index in [1.54, 1.807) is 24.3 Å². The van der Waals surface area contributed by atoms with Crippen LogP contribution in [0.15, 0.2) is 94.9 Å². The summed E-state index contributed by atoms with van der Waals surface area (Å²) in [7, 11) is -3.64. The molecule has 0 saturated heterocycles. The Kier molecular flexibility index (Phi) is 3.94. The predicted octanol–water partition coefficient (Wildman–Crippen LogP) is 3.74. The summed E-state index contributed by atoms with van der Waals surface area (Å²) < 4.78 is 28.3. The van der Waals surface area contributed by atoms with Crippen molar-refractivity contribution >= 4 is 27.1 Å². The molecule has 0 N–H and O–H groups in total. The lowest BCUT2D eigenvalue weighted by molar-refractivity contribution is 0.583. The van der Waals surface area contributed by atoms with Gasteiger partial charge in [-0.15, -0.1) is 0 Å². The highest BCUT2D eigenvalue weighted by molar-refractivity contribution is 7.92. The van der Waals surface area contributed by atoms with Crippen LogP contribution in [0.25, 0.3) is 0 Å². The van der Waals surface area contributed by atoms with Crippen molar-refractivity contribution < 1.29 is 8.42 Å². The molecule has 3 aromatic rings. The van der Waals surface area contributed by atoms with Gasteiger partial charge in [-0.1, -0.05) is 54.6 Å². The van der Waals surface area contributed by atoms with Crippen LogP contribution >= 0.6 is 0 Å². The molecular weight excluding hydrogens is 370 g/mol. The molecule has 0 saturated carbocycles. The van der Waals surface area contributed by atoms with E-state index in [0.29, 0.717) is 23.7 Å². The molecule has 0 bridgehead atoms. The van der Waals surface area contributed by atoms with Crippen LogP contribution in [0.5, 0.6) is 0 Å². The fraction of sp³-hybridized carbons (Fsp3) is 0.136. The SMILES string of the molecule is O=S(=O)(c1ccccc1)N1CC2CN(c3ccccc3)N=C2c2ccccc21. The lowest BCUT2D eigenvalue weighted by Gasteiger charge is -2.33. The van der Waals surface area contributed by atoms with Crippen LogP contribution in [0.3, 0.4) is 0 Å². The average molecular weight is 389 g/mol. The molecule has 3 aromatic carbocycles. The third-order valence-corrected chi connectivity index (χ3v) is 7.02. The van der Waals surface area contributed by atoms with E-state index in [-0.39, 0.29) is 5.92 Å². The number of anilines is 2. The number of hydrogen-bond acceptors (Lipinski definition) is 4. The maximum absolute atomic E-state index is 13.4. The van der Waals surface area contributed by atoms with Crippen molar-refractivity contribution in [1.82, 2.24) is 0 Å². The summed E-state index contributed by atoms with van der Waals surface area (Å²) in [5.41, 5.74) is 3.55. The van der Waals surface area contributed by atoms with E-state index in [2.05, 4.69) is 0 Å². The topological polar surface area (TPSA) is 53.0 Å². The summed E-state index contributed by atoms with van der Waals surface area (Å²) in [5, 5.41) is 6.81. The Balaban J connectivity index is 1.58. The summed E-state index contributed by atoms with van der Waals surface area (Å²) in [5.74, 6) is 0.0218. The molecule has 5 rings (SSSR count). The number of nitrogens with zero attached hydrogens (tertiary/aromatic N) is 3. The van der Waals surface area contributed by atoms with Crippen LogP contribution in [-0.2, 0) is 10.0 Å². The Morgan fingerprint density at radius 2 is 1.43 bits per heavy atom. The van der Waals surface area contributed by atoms with Crippen molar-refractivity contribution in [2.45, 2.75) is 4.90 Å². The smallest absolute Gasteiger partial charge is 0.264 e. The number of rotatable bonds is 3. The first-order valence-corrected chi connectivity index (χ1v) is 10.7. The zero-order valence-corrected chi connectivity index (χ0v) is 16.0. The minimum absolute atomic E-state index is 0.0218. The molecule has 2 aliphatic rings. The number of hydrazone groups is 1. The van der Waals surface area contributed by atoms with Gasteiger partial charge in [0.25, 0.3) is 10.0 Å². The molecule has 140 valence electrons. The third-order valence-electron chi connectivity index (χ3n) is 5.23. The fourth-order valence-corrected chi connectivity index (χ4v) is 5.43. The fourth-order valence-electron chi connectivity index (χ4n) is 3.88. The van der Waals surface area contributed by atoms with Crippen LogP contribution in [0.1, 0.15) is 5.56 Å². The molecule has 0 fully saturated rings. The number of fused-ring (bicyclic) bond motifs is 3. The number of para-hydroxylation sites is 2. The third kappa shape index (κ3) is 2.68. The van der Waals surface area contributed by atoms with Crippen molar-refractivity contribution in [3.8, 4) is 0 Å². The number of hydrogen-bond donors (Lipinski definition) is 0.